The van der Waals surface area contributed by atoms with Crippen LogP contribution in [0.3, 0.4) is 0 Å². The van der Waals surface area contributed by atoms with Crippen LogP contribution in [0.5, 0.6) is 5.75 Å². The highest BCUT2D eigenvalue weighted by Crippen LogP contribution is 2.37. The molecule has 1 aliphatic heterocycles. The molecule has 0 unspecified atom stereocenters. The molecule has 0 N–H and O–H groups in total. The lowest BCUT2D eigenvalue weighted by Gasteiger charge is -2.40. The molecule has 8 nitrogen and oxygen atoms in total. The fourth-order valence-electron chi connectivity index (χ4n) is 4.81. The number of hydrogen-bond donors (Lipinski definition) is 0. The van der Waals surface area contributed by atoms with Crippen molar-refractivity contribution in [1.82, 2.24) is 14.5 Å². The number of carbonyl (C=O) groups is 2. The van der Waals surface area contributed by atoms with Gasteiger partial charge in [-0.15, -0.1) is 0 Å². The number of nitriles is 1. The molecule has 0 saturated carbocycles. The zero-order chi connectivity index (χ0) is 25.5. The number of piperidine rings is 1. The van der Waals surface area contributed by atoms with Gasteiger partial charge in [0.1, 0.15) is 5.75 Å². The van der Waals surface area contributed by atoms with Gasteiger partial charge in [0, 0.05) is 31.5 Å². The Kier molecular flexibility index (Phi) is 7.69. The fourth-order valence-corrected chi connectivity index (χ4v) is 4.81. The van der Waals surface area contributed by atoms with E-state index >= 15 is 0 Å². The summed E-state index contributed by atoms with van der Waals surface area (Å²) in [5, 5.41) is 8.99. The summed E-state index contributed by atoms with van der Waals surface area (Å²) >= 11 is 0. The SMILES string of the molecule is COC(=O)C1(Cc2cccc(OC)c2)CCN(C(=O)Cc2cncn2Cc2ccc(C#N)cc2)CC1. The smallest absolute Gasteiger partial charge is 0.312 e. The van der Waals surface area contributed by atoms with Gasteiger partial charge < -0.3 is 18.9 Å². The van der Waals surface area contributed by atoms with Crippen LogP contribution in [0.1, 0.15) is 35.2 Å². The number of methoxy groups -OCH3 is 2. The molecule has 4 rings (SSSR count). The zero-order valence-electron chi connectivity index (χ0n) is 20.6. The second-order valence-corrected chi connectivity index (χ2v) is 9.18. The number of nitrogens with zero attached hydrogens (tertiary/aromatic N) is 4. The lowest BCUT2D eigenvalue weighted by atomic mass is 9.73. The average molecular weight is 487 g/mol. The van der Waals surface area contributed by atoms with E-state index in [9.17, 15) is 9.59 Å². The third-order valence-electron chi connectivity index (χ3n) is 6.94. The summed E-state index contributed by atoms with van der Waals surface area (Å²) in [7, 11) is 3.04. The van der Waals surface area contributed by atoms with Crippen LogP contribution >= 0.6 is 0 Å². The zero-order valence-corrected chi connectivity index (χ0v) is 20.6. The number of esters is 1. The van der Waals surface area contributed by atoms with E-state index in [2.05, 4.69) is 11.1 Å². The van der Waals surface area contributed by atoms with E-state index in [4.69, 9.17) is 14.7 Å². The highest BCUT2D eigenvalue weighted by molar-refractivity contribution is 5.80. The maximum atomic E-state index is 13.2. The molecule has 2 heterocycles. The normalized spacial score (nSPS) is 14.6. The molecular formula is C28H30N4O4. The number of benzene rings is 2. The van der Waals surface area contributed by atoms with Crippen LogP contribution in [0.2, 0.25) is 0 Å². The lowest BCUT2D eigenvalue weighted by Crippen LogP contribution is -2.48. The summed E-state index contributed by atoms with van der Waals surface area (Å²) in [6.07, 6.45) is 5.27. The Morgan fingerprint density at radius 1 is 1.08 bits per heavy atom. The molecule has 0 spiro atoms. The first-order valence-electron chi connectivity index (χ1n) is 11.9. The van der Waals surface area contributed by atoms with Crippen molar-refractivity contribution in [2.75, 3.05) is 27.3 Å². The van der Waals surface area contributed by atoms with Crippen LogP contribution in [0, 0.1) is 16.7 Å². The monoisotopic (exact) mass is 486 g/mol. The largest absolute Gasteiger partial charge is 0.497 e. The third kappa shape index (κ3) is 5.57. The molecule has 3 aromatic rings. The maximum Gasteiger partial charge on any atom is 0.312 e. The minimum atomic E-state index is -0.671. The summed E-state index contributed by atoms with van der Waals surface area (Å²) in [4.78, 5) is 32.1. The van der Waals surface area contributed by atoms with Gasteiger partial charge in [0.2, 0.25) is 5.91 Å². The summed E-state index contributed by atoms with van der Waals surface area (Å²) < 4.78 is 12.5. The fraction of sp³-hybridized carbons (Fsp3) is 0.357. The topological polar surface area (TPSA) is 97.4 Å². The predicted molar refractivity (Wildman–Crippen MR) is 133 cm³/mol. The number of carbonyl (C=O) groups excluding carboxylic acids is 2. The van der Waals surface area contributed by atoms with E-state index in [0.717, 1.165) is 22.6 Å². The Hall–Kier alpha value is -4.12. The van der Waals surface area contributed by atoms with Crippen LogP contribution in [-0.4, -0.2) is 53.6 Å². The van der Waals surface area contributed by atoms with E-state index in [1.165, 1.54) is 7.11 Å². The van der Waals surface area contributed by atoms with Crippen LogP contribution in [0.25, 0.3) is 0 Å². The van der Waals surface area contributed by atoms with Gasteiger partial charge in [-0.3, -0.25) is 9.59 Å². The van der Waals surface area contributed by atoms with E-state index in [1.807, 2.05) is 45.9 Å². The van der Waals surface area contributed by atoms with E-state index < -0.39 is 5.41 Å². The minimum absolute atomic E-state index is 0.0106. The van der Waals surface area contributed by atoms with Crippen molar-refractivity contribution < 1.29 is 19.1 Å². The Morgan fingerprint density at radius 2 is 1.83 bits per heavy atom. The van der Waals surface area contributed by atoms with Gasteiger partial charge >= 0.3 is 5.97 Å². The van der Waals surface area contributed by atoms with Gasteiger partial charge in [-0.05, 0) is 54.7 Å². The highest BCUT2D eigenvalue weighted by atomic mass is 16.5. The minimum Gasteiger partial charge on any atom is -0.497 e. The highest BCUT2D eigenvalue weighted by Gasteiger charge is 2.43. The van der Waals surface area contributed by atoms with Crippen molar-refractivity contribution in [3.63, 3.8) is 0 Å². The molecule has 1 saturated heterocycles. The molecule has 1 amide bonds. The maximum absolute atomic E-state index is 13.2. The van der Waals surface area contributed by atoms with E-state index in [1.54, 1.807) is 31.8 Å². The molecule has 0 bridgehead atoms. The first-order valence-corrected chi connectivity index (χ1v) is 11.9. The number of rotatable bonds is 8. The number of imidazole rings is 1. The molecule has 36 heavy (non-hydrogen) atoms. The van der Waals surface area contributed by atoms with Crippen molar-refractivity contribution in [2.24, 2.45) is 5.41 Å². The second-order valence-electron chi connectivity index (χ2n) is 9.18. The summed E-state index contributed by atoms with van der Waals surface area (Å²) in [6, 6.07) is 17.2. The second kappa shape index (κ2) is 11.1. The molecule has 0 aliphatic carbocycles. The Bertz CT molecular complexity index is 1250. The summed E-state index contributed by atoms with van der Waals surface area (Å²) in [6.45, 7) is 1.55. The van der Waals surface area contributed by atoms with Crippen molar-refractivity contribution in [1.29, 1.82) is 5.26 Å². The summed E-state index contributed by atoms with van der Waals surface area (Å²) in [5.41, 5.74) is 2.80. The number of aromatic nitrogens is 2. The van der Waals surface area contributed by atoms with Gasteiger partial charge in [-0.25, -0.2) is 4.98 Å². The molecule has 8 heteroatoms. The van der Waals surface area contributed by atoms with Gasteiger partial charge in [0.15, 0.2) is 0 Å². The van der Waals surface area contributed by atoms with Crippen LogP contribution < -0.4 is 4.74 Å². The van der Waals surface area contributed by atoms with Crippen LogP contribution in [-0.2, 0) is 33.7 Å². The van der Waals surface area contributed by atoms with E-state index in [-0.39, 0.29) is 18.3 Å². The van der Waals surface area contributed by atoms with Crippen molar-refractivity contribution in [2.45, 2.75) is 32.2 Å². The Morgan fingerprint density at radius 3 is 2.50 bits per heavy atom. The van der Waals surface area contributed by atoms with Crippen LogP contribution in [0.15, 0.2) is 61.1 Å². The summed E-state index contributed by atoms with van der Waals surface area (Å²) in [5.74, 6) is 0.520. The molecule has 2 aromatic carbocycles. The van der Waals surface area contributed by atoms with Crippen molar-refractivity contribution in [3.05, 3.63) is 83.4 Å². The third-order valence-corrected chi connectivity index (χ3v) is 6.94. The number of ether oxygens (including phenoxy) is 2. The number of hydrogen-bond acceptors (Lipinski definition) is 6. The van der Waals surface area contributed by atoms with Gasteiger partial charge in [-0.1, -0.05) is 24.3 Å². The molecule has 186 valence electrons. The predicted octanol–water partition coefficient (Wildman–Crippen LogP) is 3.38. The van der Waals surface area contributed by atoms with Crippen molar-refractivity contribution in [3.8, 4) is 11.8 Å². The Balaban J connectivity index is 1.40. The molecular weight excluding hydrogens is 456 g/mol. The molecule has 1 aromatic heterocycles. The molecule has 1 fully saturated rings. The van der Waals surface area contributed by atoms with E-state index in [0.29, 0.717) is 44.5 Å². The van der Waals surface area contributed by atoms with Crippen LogP contribution in [0.4, 0.5) is 0 Å². The molecule has 0 radical (unpaired) electrons. The van der Waals surface area contributed by atoms with Gasteiger partial charge in [0.25, 0.3) is 0 Å². The van der Waals surface area contributed by atoms with Crippen molar-refractivity contribution >= 4 is 11.9 Å². The van der Waals surface area contributed by atoms with Gasteiger partial charge in [0.05, 0.1) is 44.0 Å². The standard InChI is InChI=1S/C28H30N4O4/c1-35-25-5-3-4-23(14-25)16-28(27(34)36-2)10-12-31(13-11-28)26(33)15-24-18-30-20-32(24)19-22-8-6-21(17-29)7-9-22/h3-9,14,18,20H,10-13,15-16,19H2,1-2H3. The molecule has 1 aliphatic rings. The molecule has 0 atom stereocenters. The first kappa shape index (κ1) is 25.0. The Labute approximate surface area is 211 Å². The lowest BCUT2D eigenvalue weighted by molar-refractivity contribution is -0.157. The van der Waals surface area contributed by atoms with Gasteiger partial charge in [-0.2, -0.15) is 5.26 Å². The average Bonchev–Trinajstić information content (AvgIpc) is 3.35. The first-order chi connectivity index (χ1) is 17.5. The number of likely N-dealkylation sites (tertiary alicyclic amines) is 1. The number of amides is 1. The quantitative estimate of drug-likeness (QED) is 0.453.